The highest BCUT2D eigenvalue weighted by Crippen LogP contribution is 2.35. The van der Waals surface area contributed by atoms with E-state index in [0.717, 1.165) is 18.4 Å². The van der Waals surface area contributed by atoms with Gasteiger partial charge in [0.15, 0.2) is 4.34 Å². The van der Waals surface area contributed by atoms with E-state index >= 15 is 0 Å². The highest BCUT2D eigenvalue weighted by molar-refractivity contribution is 8.01. The van der Waals surface area contributed by atoms with Crippen LogP contribution in [-0.2, 0) is 16.1 Å². The van der Waals surface area contributed by atoms with Crippen molar-refractivity contribution in [3.63, 3.8) is 0 Å². The average Bonchev–Trinajstić information content (AvgIpc) is 3.30. The van der Waals surface area contributed by atoms with Gasteiger partial charge in [-0.25, -0.2) is 0 Å². The first-order valence-electron chi connectivity index (χ1n) is 7.80. The van der Waals surface area contributed by atoms with E-state index in [1.807, 2.05) is 12.1 Å². The lowest BCUT2D eigenvalue weighted by molar-refractivity contribution is -0.119. The number of thioether (sulfide) groups is 1. The Kier molecular flexibility index (Phi) is 5.93. The number of carbonyl (C=O) groups is 2. The van der Waals surface area contributed by atoms with E-state index in [0.29, 0.717) is 21.0 Å². The lowest BCUT2D eigenvalue weighted by atomic mass is 10.2. The lowest BCUT2D eigenvalue weighted by Gasteiger charge is -2.15. The van der Waals surface area contributed by atoms with Crippen LogP contribution in [0, 0.1) is 0 Å². The monoisotopic (exact) mass is 396 g/mol. The largest absolute Gasteiger partial charge is 0.351 e. The average molecular weight is 397 g/mol. The van der Waals surface area contributed by atoms with Crippen LogP contribution in [0.25, 0.3) is 0 Å². The Morgan fingerprint density at radius 3 is 2.68 bits per heavy atom. The summed E-state index contributed by atoms with van der Waals surface area (Å²) in [5.74, 6) is 0.157. The van der Waals surface area contributed by atoms with Gasteiger partial charge in [0.1, 0.15) is 0 Å². The molecule has 132 valence electrons. The van der Waals surface area contributed by atoms with Crippen molar-refractivity contribution in [1.82, 2.24) is 15.5 Å². The molecule has 1 aliphatic rings. The minimum Gasteiger partial charge on any atom is -0.351 e. The van der Waals surface area contributed by atoms with E-state index in [1.54, 1.807) is 17.0 Å². The summed E-state index contributed by atoms with van der Waals surface area (Å²) >= 11 is 8.50. The van der Waals surface area contributed by atoms with Crippen molar-refractivity contribution in [3.8, 4) is 0 Å². The Labute approximate surface area is 159 Å². The number of rotatable bonds is 7. The van der Waals surface area contributed by atoms with Crippen molar-refractivity contribution in [2.75, 3.05) is 10.7 Å². The Bertz CT molecular complexity index is 762. The van der Waals surface area contributed by atoms with Crippen LogP contribution < -0.4 is 10.2 Å². The topological polar surface area (TPSA) is 75.2 Å². The molecule has 0 aliphatic heterocycles. The molecule has 1 aliphatic carbocycles. The Morgan fingerprint density at radius 2 is 2.04 bits per heavy atom. The molecular formula is C16H17ClN4O2S2. The second kappa shape index (κ2) is 8.16. The molecule has 25 heavy (non-hydrogen) atoms. The summed E-state index contributed by atoms with van der Waals surface area (Å²) in [6, 6.07) is 7.59. The van der Waals surface area contributed by atoms with E-state index in [2.05, 4.69) is 15.5 Å². The van der Waals surface area contributed by atoms with Gasteiger partial charge in [-0.15, -0.1) is 10.2 Å². The molecule has 1 heterocycles. The SMILES string of the molecule is CC(=O)N(c1nnc(SCC(=O)NCc2ccc(Cl)cc2)s1)C1CC1. The molecule has 0 unspecified atom stereocenters. The molecule has 2 aromatic rings. The minimum absolute atomic E-state index is 0.0177. The molecule has 1 aromatic carbocycles. The van der Waals surface area contributed by atoms with Crippen LogP contribution >= 0.6 is 34.7 Å². The fraction of sp³-hybridized carbons (Fsp3) is 0.375. The first-order valence-corrected chi connectivity index (χ1v) is 9.98. The maximum absolute atomic E-state index is 12.0. The fourth-order valence-corrected chi connectivity index (χ4v) is 4.13. The van der Waals surface area contributed by atoms with Crippen LogP contribution in [0.1, 0.15) is 25.3 Å². The van der Waals surface area contributed by atoms with Gasteiger partial charge in [0.25, 0.3) is 0 Å². The van der Waals surface area contributed by atoms with Crippen LogP contribution in [-0.4, -0.2) is 33.8 Å². The molecule has 6 nitrogen and oxygen atoms in total. The molecule has 0 atom stereocenters. The van der Waals surface area contributed by atoms with Crippen molar-refractivity contribution in [2.45, 2.75) is 36.7 Å². The van der Waals surface area contributed by atoms with Crippen LogP contribution in [0.5, 0.6) is 0 Å². The van der Waals surface area contributed by atoms with Gasteiger partial charge in [-0.2, -0.15) is 0 Å². The molecule has 1 aromatic heterocycles. The summed E-state index contributed by atoms with van der Waals surface area (Å²) in [7, 11) is 0. The Balaban J connectivity index is 1.47. The summed E-state index contributed by atoms with van der Waals surface area (Å²) in [6.45, 7) is 1.99. The summed E-state index contributed by atoms with van der Waals surface area (Å²) in [5.41, 5.74) is 0.988. The Morgan fingerprint density at radius 1 is 1.32 bits per heavy atom. The van der Waals surface area contributed by atoms with Crippen LogP contribution in [0.4, 0.5) is 5.13 Å². The van der Waals surface area contributed by atoms with Crippen LogP contribution in [0.3, 0.4) is 0 Å². The number of anilines is 1. The number of hydrogen-bond donors (Lipinski definition) is 1. The van der Waals surface area contributed by atoms with E-state index in [1.165, 1.54) is 30.0 Å². The van der Waals surface area contributed by atoms with Crippen molar-refractivity contribution in [3.05, 3.63) is 34.9 Å². The number of hydrogen-bond acceptors (Lipinski definition) is 6. The van der Waals surface area contributed by atoms with Gasteiger partial charge in [-0.3, -0.25) is 14.5 Å². The van der Waals surface area contributed by atoms with Gasteiger partial charge >= 0.3 is 0 Å². The third-order valence-corrected chi connectivity index (χ3v) is 5.89. The summed E-state index contributed by atoms with van der Waals surface area (Å²) in [5, 5.41) is 12.3. The second-order valence-corrected chi connectivity index (χ2v) is 8.28. The number of nitrogens with one attached hydrogen (secondary N) is 1. The Hall–Kier alpha value is -1.64. The zero-order chi connectivity index (χ0) is 17.8. The maximum atomic E-state index is 12.0. The van der Waals surface area contributed by atoms with E-state index in [9.17, 15) is 9.59 Å². The summed E-state index contributed by atoms with van der Waals surface area (Å²) in [4.78, 5) is 25.4. The summed E-state index contributed by atoms with van der Waals surface area (Å²) < 4.78 is 0.684. The lowest BCUT2D eigenvalue weighted by Crippen LogP contribution is -2.30. The molecule has 0 spiro atoms. The van der Waals surface area contributed by atoms with E-state index < -0.39 is 0 Å². The second-order valence-electron chi connectivity index (χ2n) is 5.66. The van der Waals surface area contributed by atoms with Crippen molar-refractivity contribution in [2.24, 2.45) is 0 Å². The van der Waals surface area contributed by atoms with Crippen molar-refractivity contribution >= 4 is 51.6 Å². The predicted molar refractivity (Wildman–Crippen MR) is 100 cm³/mol. The van der Waals surface area contributed by atoms with Crippen molar-refractivity contribution < 1.29 is 9.59 Å². The molecular weight excluding hydrogens is 380 g/mol. The first-order chi connectivity index (χ1) is 12.0. The quantitative estimate of drug-likeness (QED) is 0.574. The number of carbonyl (C=O) groups excluding carboxylic acids is 2. The van der Waals surface area contributed by atoms with Gasteiger partial charge in [0, 0.05) is 24.5 Å². The third kappa shape index (κ3) is 5.17. The van der Waals surface area contributed by atoms with E-state index in [4.69, 9.17) is 11.6 Å². The molecule has 3 rings (SSSR count). The number of benzene rings is 1. The molecule has 0 radical (unpaired) electrons. The minimum atomic E-state index is -0.0812. The third-order valence-electron chi connectivity index (χ3n) is 3.58. The molecule has 1 fully saturated rings. The number of aromatic nitrogens is 2. The zero-order valence-electron chi connectivity index (χ0n) is 13.6. The molecule has 1 N–H and O–H groups in total. The number of amides is 2. The number of nitrogens with zero attached hydrogens (tertiary/aromatic N) is 3. The molecule has 0 saturated heterocycles. The number of halogens is 1. The first kappa shape index (κ1) is 18.2. The zero-order valence-corrected chi connectivity index (χ0v) is 16.0. The molecule has 2 amide bonds. The van der Waals surface area contributed by atoms with Gasteiger partial charge in [-0.05, 0) is 30.5 Å². The fourth-order valence-electron chi connectivity index (χ4n) is 2.22. The van der Waals surface area contributed by atoms with Gasteiger partial charge < -0.3 is 5.32 Å². The highest BCUT2D eigenvalue weighted by Gasteiger charge is 2.34. The van der Waals surface area contributed by atoms with Crippen LogP contribution in [0.2, 0.25) is 5.02 Å². The predicted octanol–water partition coefficient (Wildman–Crippen LogP) is 3.12. The standard InChI is InChI=1S/C16H17ClN4O2S2/c1-10(22)21(13-6-7-13)15-19-20-16(25-15)24-9-14(23)18-8-11-2-4-12(17)5-3-11/h2-5,13H,6-9H2,1H3,(H,18,23). The normalized spacial score (nSPS) is 13.5. The maximum Gasteiger partial charge on any atom is 0.230 e. The van der Waals surface area contributed by atoms with Gasteiger partial charge in [-0.1, -0.05) is 46.8 Å². The van der Waals surface area contributed by atoms with Gasteiger partial charge in [0.05, 0.1) is 5.75 Å². The molecule has 1 saturated carbocycles. The molecule has 0 bridgehead atoms. The highest BCUT2D eigenvalue weighted by atomic mass is 35.5. The van der Waals surface area contributed by atoms with Gasteiger partial charge in [0.2, 0.25) is 16.9 Å². The molecule has 9 heteroatoms. The smallest absolute Gasteiger partial charge is 0.230 e. The van der Waals surface area contributed by atoms with Crippen molar-refractivity contribution in [1.29, 1.82) is 0 Å². The summed E-state index contributed by atoms with van der Waals surface area (Å²) in [6.07, 6.45) is 2.02. The van der Waals surface area contributed by atoms with Crippen LogP contribution in [0.15, 0.2) is 28.6 Å². The van der Waals surface area contributed by atoms with E-state index in [-0.39, 0.29) is 23.6 Å².